The van der Waals surface area contributed by atoms with Crippen molar-refractivity contribution >= 4 is 11.6 Å². The minimum atomic E-state index is -0.341. The van der Waals surface area contributed by atoms with Crippen LogP contribution < -0.4 is 5.49 Å². The van der Waals surface area contributed by atoms with Gasteiger partial charge in [-0.25, -0.2) is 4.98 Å². The summed E-state index contributed by atoms with van der Waals surface area (Å²) in [5.74, 6) is 0.0928. The Labute approximate surface area is 72.9 Å². The van der Waals surface area contributed by atoms with Crippen LogP contribution in [0.25, 0.3) is 0 Å². The van der Waals surface area contributed by atoms with Crippen molar-refractivity contribution in [2.75, 3.05) is 0 Å². The minimum absolute atomic E-state index is 0.0928. The third kappa shape index (κ3) is 1.38. The topological polar surface area (TPSA) is 85.7 Å². The Morgan fingerprint density at radius 3 is 3.00 bits per heavy atom. The molecule has 1 aromatic rings. The average Bonchev–Trinajstić information content (AvgIpc) is 2.09. The lowest BCUT2D eigenvalue weighted by Crippen LogP contribution is -2.22. The van der Waals surface area contributed by atoms with E-state index in [-0.39, 0.29) is 17.1 Å². The van der Waals surface area contributed by atoms with Gasteiger partial charge in [0.2, 0.25) is 0 Å². The van der Waals surface area contributed by atoms with Crippen LogP contribution >= 0.6 is 11.6 Å². The van der Waals surface area contributed by atoms with Gasteiger partial charge in [0.1, 0.15) is 6.07 Å². The lowest BCUT2D eigenvalue weighted by atomic mass is 10.4. The second-order valence-corrected chi connectivity index (χ2v) is 2.29. The quantitative estimate of drug-likeness (QED) is 0.483. The molecule has 0 radical (unpaired) electrons. The van der Waals surface area contributed by atoms with Gasteiger partial charge in [-0.15, -0.1) is 11.6 Å². The summed E-state index contributed by atoms with van der Waals surface area (Å²) in [7, 11) is 0. The van der Waals surface area contributed by atoms with E-state index in [1.807, 2.05) is 0 Å². The molecular weight excluding hydrogens is 180 g/mol. The lowest BCUT2D eigenvalue weighted by molar-refractivity contribution is 0.168. The molecule has 0 fully saturated rings. The van der Waals surface area contributed by atoms with Crippen molar-refractivity contribution in [1.29, 1.82) is 10.7 Å². The number of alkyl halides is 1. The number of aromatic nitrogens is 2. The molecule has 62 valence electrons. The number of hydrogen-bond donors (Lipinski definition) is 2. The Bertz CT molecular complexity index is 392. The molecule has 0 saturated carbocycles. The Hall–Kier alpha value is -1.54. The molecule has 1 rings (SSSR count). The molecule has 0 amide bonds. The van der Waals surface area contributed by atoms with Gasteiger partial charge in [0.15, 0.2) is 11.2 Å². The number of nitrogens with one attached hydrogen (secondary N) is 1. The van der Waals surface area contributed by atoms with Crippen LogP contribution in [0, 0.1) is 16.7 Å². The molecule has 5 nitrogen and oxygen atoms in total. The fourth-order valence-electron chi connectivity index (χ4n) is 0.682. The molecule has 0 aromatic carbocycles. The van der Waals surface area contributed by atoms with Crippen LogP contribution in [-0.4, -0.2) is 14.9 Å². The van der Waals surface area contributed by atoms with Gasteiger partial charge >= 0.3 is 0 Å². The number of rotatable bonds is 1. The van der Waals surface area contributed by atoms with Crippen molar-refractivity contribution in [3.63, 3.8) is 0 Å². The van der Waals surface area contributed by atoms with Gasteiger partial charge in [0.25, 0.3) is 0 Å². The fraction of sp³-hybridized carbons (Fsp3) is 0.167. The van der Waals surface area contributed by atoms with Crippen LogP contribution in [-0.2, 0) is 5.88 Å². The third-order valence-electron chi connectivity index (χ3n) is 1.22. The highest BCUT2D eigenvalue weighted by molar-refractivity contribution is 6.16. The van der Waals surface area contributed by atoms with Crippen LogP contribution in [0.2, 0.25) is 0 Å². The largest absolute Gasteiger partial charge is 0.427 e. The van der Waals surface area contributed by atoms with Gasteiger partial charge in [0, 0.05) is 0 Å². The van der Waals surface area contributed by atoms with Gasteiger partial charge in [0.05, 0.1) is 17.8 Å². The molecule has 1 heterocycles. The molecule has 0 aliphatic rings. The first-order valence-corrected chi connectivity index (χ1v) is 3.55. The predicted octanol–water partition coefficient (Wildman–Crippen LogP) is 0.210. The van der Waals surface area contributed by atoms with Gasteiger partial charge < -0.3 is 5.21 Å². The average molecular weight is 185 g/mol. The van der Waals surface area contributed by atoms with Crippen molar-refractivity contribution in [3.05, 3.63) is 23.1 Å². The summed E-state index contributed by atoms with van der Waals surface area (Å²) in [6, 6.07) is 1.67. The zero-order valence-corrected chi connectivity index (χ0v) is 6.71. The van der Waals surface area contributed by atoms with E-state index in [1.165, 1.54) is 6.20 Å². The van der Waals surface area contributed by atoms with Gasteiger partial charge in [-0.2, -0.15) is 9.99 Å². The van der Waals surface area contributed by atoms with E-state index in [0.717, 1.165) is 0 Å². The molecule has 0 aliphatic carbocycles. The molecule has 12 heavy (non-hydrogen) atoms. The third-order valence-corrected chi connectivity index (χ3v) is 1.50. The minimum Gasteiger partial charge on any atom is -0.427 e. The monoisotopic (exact) mass is 184 g/mol. The zero-order chi connectivity index (χ0) is 9.14. The van der Waals surface area contributed by atoms with Crippen molar-refractivity contribution in [2.45, 2.75) is 5.88 Å². The second-order valence-electron chi connectivity index (χ2n) is 2.02. The lowest BCUT2D eigenvalue weighted by Gasteiger charge is -1.99. The first kappa shape index (κ1) is 8.56. The predicted molar refractivity (Wildman–Crippen MR) is 39.5 cm³/mol. The van der Waals surface area contributed by atoms with Crippen LogP contribution in [0.4, 0.5) is 0 Å². The number of nitrogens with zero attached hydrogens (tertiary/aromatic N) is 3. The highest BCUT2D eigenvalue weighted by Gasteiger charge is 2.02. The van der Waals surface area contributed by atoms with Crippen LogP contribution in [0.15, 0.2) is 6.20 Å². The summed E-state index contributed by atoms with van der Waals surface area (Å²) < 4.78 is 0.517. The van der Waals surface area contributed by atoms with E-state index in [4.69, 9.17) is 27.5 Å². The number of hydrogen-bond acceptors (Lipinski definition) is 4. The van der Waals surface area contributed by atoms with E-state index >= 15 is 0 Å². The van der Waals surface area contributed by atoms with Gasteiger partial charge in [-0.1, -0.05) is 0 Å². The van der Waals surface area contributed by atoms with Crippen LogP contribution in [0.5, 0.6) is 0 Å². The van der Waals surface area contributed by atoms with Gasteiger partial charge in [-0.05, 0) is 0 Å². The molecule has 0 bridgehead atoms. The Morgan fingerprint density at radius 2 is 2.50 bits per heavy atom. The Kier molecular flexibility index (Phi) is 2.31. The molecule has 0 spiro atoms. The summed E-state index contributed by atoms with van der Waals surface area (Å²) in [6.07, 6.45) is 1.19. The first-order chi connectivity index (χ1) is 5.69. The molecule has 0 unspecified atom stereocenters. The molecule has 0 atom stereocenters. The maximum absolute atomic E-state index is 9.02. The molecule has 2 N–H and O–H groups in total. The van der Waals surface area contributed by atoms with E-state index in [2.05, 4.69) is 4.98 Å². The van der Waals surface area contributed by atoms with E-state index in [9.17, 15) is 0 Å². The Balaban J connectivity index is 3.42. The molecule has 6 heteroatoms. The number of halogens is 1. The van der Waals surface area contributed by atoms with Crippen molar-refractivity contribution < 1.29 is 5.21 Å². The summed E-state index contributed by atoms with van der Waals surface area (Å²) in [5, 5.41) is 24.6. The standard InChI is InChI=1S/C6H5ClN4O/c7-1-4-3-11(12)6(9)5(2-8)10-4/h3,9,12H,1H2. The fourth-order valence-corrected chi connectivity index (χ4v) is 0.811. The molecular formula is C6H5ClN4O. The zero-order valence-electron chi connectivity index (χ0n) is 5.95. The maximum atomic E-state index is 9.02. The summed E-state index contributed by atoms with van der Waals surface area (Å²) in [6.45, 7) is 0. The summed E-state index contributed by atoms with van der Waals surface area (Å²) in [4.78, 5) is 3.71. The molecule has 0 aliphatic heterocycles. The number of nitriles is 1. The molecule has 1 aromatic heterocycles. The SMILES string of the molecule is N#Cc1nc(CCl)cn(O)c1=N. The van der Waals surface area contributed by atoms with E-state index in [0.29, 0.717) is 10.4 Å². The normalized spacial score (nSPS) is 9.33. The summed E-state index contributed by atoms with van der Waals surface area (Å²) >= 11 is 5.42. The van der Waals surface area contributed by atoms with E-state index < -0.39 is 0 Å². The van der Waals surface area contributed by atoms with Crippen molar-refractivity contribution in [1.82, 2.24) is 9.71 Å². The van der Waals surface area contributed by atoms with Crippen LogP contribution in [0.1, 0.15) is 11.4 Å². The van der Waals surface area contributed by atoms with E-state index in [1.54, 1.807) is 6.07 Å². The van der Waals surface area contributed by atoms with Crippen LogP contribution in [0.3, 0.4) is 0 Å². The molecule has 0 saturated heterocycles. The highest BCUT2D eigenvalue weighted by Crippen LogP contribution is 1.96. The van der Waals surface area contributed by atoms with Crippen molar-refractivity contribution in [2.24, 2.45) is 0 Å². The maximum Gasteiger partial charge on any atom is 0.197 e. The highest BCUT2D eigenvalue weighted by atomic mass is 35.5. The second kappa shape index (κ2) is 3.24. The summed E-state index contributed by atoms with van der Waals surface area (Å²) in [5.41, 5.74) is -0.131. The first-order valence-electron chi connectivity index (χ1n) is 3.01. The van der Waals surface area contributed by atoms with Crippen molar-refractivity contribution in [3.8, 4) is 6.07 Å². The smallest absolute Gasteiger partial charge is 0.197 e. The Morgan fingerprint density at radius 1 is 1.83 bits per heavy atom. The van der Waals surface area contributed by atoms with Gasteiger partial charge in [-0.3, -0.25) is 5.41 Å².